The Balaban J connectivity index is 1.93. The molecule has 1 N–H and O–H groups in total. The molecule has 0 aliphatic heterocycles. The Morgan fingerprint density at radius 1 is 0.917 bits per heavy atom. The molecule has 0 aliphatic rings. The molecule has 24 heavy (non-hydrogen) atoms. The number of hydrogen-bond acceptors (Lipinski definition) is 2. The number of nitrogens with one attached hydrogen (secondary N) is 1. The van der Waals surface area contributed by atoms with Gasteiger partial charge in [-0.05, 0) is 47.6 Å². The summed E-state index contributed by atoms with van der Waals surface area (Å²) in [6.45, 7) is 14.0. The summed E-state index contributed by atoms with van der Waals surface area (Å²) in [7, 11) is 0. The van der Waals surface area contributed by atoms with E-state index < -0.39 is 0 Å². The van der Waals surface area contributed by atoms with Gasteiger partial charge in [0.05, 0.1) is 6.54 Å². The molecular formula is C22H31NO. The van der Waals surface area contributed by atoms with Gasteiger partial charge >= 0.3 is 0 Å². The first-order valence-electron chi connectivity index (χ1n) is 8.87. The number of rotatable bonds is 6. The topological polar surface area (TPSA) is 21.3 Å². The fourth-order valence-electron chi connectivity index (χ4n) is 2.72. The molecule has 0 radical (unpaired) electrons. The van der Waals surface area contributed by atoms with Crippen LogP contribution in [0.5, 0.6) is 5.75 Å². The van der Waals surface area contributed by atoms with Crippen LogP contribution in [-0.4, -0.2) is 12.6 Å². The highest BCUT2D eigenvalue weighted by Crippen LogP contribution is 2.25. The Morgan fingerprint density at radius 3 is 2.12 bits per heavy atom. The second-order valence-electron chi connectivity index (χ2n) is 7.83. The summed E-state index contributed by atoms with van der Waals surface area (Å²) in [5, 5.41) is 3.53. The third-order valence-corrected chi connectivity index (χ3v) is 4.22. The molecule has 2 nitrogen and oxygen atoms in total. The number of anilines is 1. The maximum atomic E-state index is 6.04. The van der Waals surface area contributed by atoms with Crippen LogP contribution >= 0.6 is 0 Å². The molecule has 0 amide bonds. The molecule has 0 heterocycles. The van der Waals surface area contributed by atoms with Crippen LogP contribution in [0, 0.1) is 0 Å². The third-order valence-electron chi connectivity index (χ3n) is 4.22. The molecule has 0 bridgehead atoms. The van der Waals surface area contributed by atoms with Crippen LogP contribution in [0.3, 0.4) is 0 Å². The normalized spacial score (nSPS) is 13.0. The summed E-state index contributed by atoms with van der Waals surface area (Å²) in [6.07, 6.45) is 0.103. The van der Waals surface area contributed by atoms with Crippen molar-refractivity contribution in [2.75, 3.05) is 11.9 Å². The van der Waals surface area contributed by atoms with E-state index in [0.29, 0.717) is 5.92 Å². The lowest BCUT2D eigenvalue weighted by Gasteiger charge is -2.21. The maximum absolute atomic E-state index is 6.04. The van der Waals surface area contributed by atoms with E-state index in [1.807, 2.05) is 0 Å². The van der Waals surface area contributed by atoms with Crippen molar-refractivity contribution in [1.82, 2.24) is 0 Å². The fourth-order valence-corrected chi connectivity index (χ4v) is 2.72. The second-order valence-corrected chi connectivity index (χ2v) is 7.83. The minimum Gasteiger partial charge on any atom is -0.489 e. The SMILES string of the molecule is CC(C)c1ccccc1NC[C@H](C)Oc1ccc(C(C)(C)C)cc1. The Morgan fingerprint density at radius 2 is 1.54 bits per heavy atom. The largest absolute Gasteiger partial charge is 0.489 e. The van der Waals surface area contributed by atoms with Gasteiger partial charge in [-0.1, -0.05) is 65.0 Å². The Labute approximate surface area is 147 Å². The summed E-state index contributed by atoms with van der Waals surface area (Å²) < 4.78 is 6.04. The number of hydrogen-bond donors (Lipinski definition) is 1. The minimum atomic E-state index is 0.103. The van der Waals surface area contributed by atoms with Crippen molar-refractivity contribution >= 4 is 5.69 Å². The van der Waals surface area contributed by atoms with E-state index in [2.05, 4.69) is 95.4 Å². The fraction of sp³-hybridized carbons (Fsp3) is 0.455. The summed E-state index contributed by atoms with van der Waals surface area (Å²) >= 11 is 0. The summed E-state index contributed by atoms with van der Waals surface area (Å²) in [5.41, 5.74) is 4.04. The zero-order chi connectivity index (χ0) is 17.7. The van der Waals surface area contributed by atoms with Gasteiger partial charge < -0.3 is 10.1 Å². The van der Waals surface area contributed by atoms with Gasteiger partial charge in [0.1, 0.15) is 11.9 Å². The molecule has 2 aromatic carbocycles. The van der Waals surface area contributed by atoms with Crippen molar-refractivity contribution in [3.05, 3.63) is 59.7 Å². The van der Waals surface area contributed by atoms with Crippen molar-refractivity contribution in [3.63, 3.8) is 0 Å². The van der Waals surface area contributed by atoms with Gasteiger partial charge in [0.15, 0.2) is 0 Å². The van der Waals surface area contributed by atoms with Gasteiger partial charge in [-0.3, -0.25) is 0 Å². The Kier molecular flexibility index (Phi) is 5.93. The highest BCUT2D eigenvalue weighted by Gasteiger charge is 2.13. The predicted molar refractivity (Wildman–Crippen MR) is 104 cm³/mol. The molecule has 2 heteroatoms. The van der Waals surface area contributed by atoms with Crippen molar-refractivity contribution in [3.8, 4) is 5.75 Å². The van der Waals surface area contributed by atoms with Gasteiger partial charge in [-0.2, -0.15) is 0 Å². The van der Waals surface area contributed by atoms with E-state index in [4.69, 9.17) is 4.74 Å². The highest BCUT2D eigenvalue weighted by atomic mass is 16.5. The lowest BCUT2D eigenvalue weighted by atomic mass is 9.87. The Bertz CT molecular complexity index is 638. The first-order chi connectivity index (χ1) is 11.3. The second kappa shape index (κ2) is 7.74. The minimum absolute atomic E-state index is 0.103. The van der Waals surface area contributed by atoms with Crippen molar-refractivity contribution in [1.29, 1.82) is 0 Å². The smallest absolute Gasteiger partial charge is 0.119 e. The maximum Gasteiger partial charge on any atom is 0.119 e. The van der Waals surface area contributed by atoms with Crippen molar-refractivity contribution in [2.45, 2.75) is 59.0 Å². The van der Waals surface area contributed by atoms with Crippen LogP contribution in [0.2, 0.25) is 0 Å². The zero-order valence-electron chi connectivity index (χ0n) is 15.9. The molecule has 0 spiro atoms. The van der Waals surface area contributed by atoms with Crippen LogP contribution in [0.4, 0.5) is 5.69 Å². The van der Waals surface area contributed by atoms with E-state index in [-0.39, 0.29) is 11.5 Å². The molecule has 2 aromatic rings. The molecule has 0 aromatic heterocycles. The number of ether oxygens (including phenoxy) is 1. The van der Waals surface area contributed by atoms with Crippen LogP contribution < -0.4 is 10.1 Å². The van der Waals surface area contributed by atoms with Gasteiger partial charge in [0.25, 0.3) is 0 Å². The molecule has 130 valence electrons. The van der Waals surface area contributed by atoms with Crippen LogP contribution in [0.15, 0.2) is 48.5 Å². The average Bonchev–Trinajstić information content (AvgIpc) is 2.53. The summed E-state index contributed by atoms with van der Waals surface area (Å²) in [5.74, 6) is 1.43. The van der Waals surface area contributed by atoms with E-state index in [0.717, 1.165) is 12.3 Å². The van der Waals surface area contributed by atoms with E-state index >= 15 is 0 Å². The third kappa shape index (κ3) is 5.02. The van der Waals surface area contributed by atoms with Crippen LogP contribution in [0.25, 0.3) is 0 Å². The number of benzene rings is 2. The first-order valence-corrected chi connectivity index (χ1v) is 8.87. The van der Waals surface area contributed by atoms with E-state index in [1.54, 1.807) is 0 Å². The lowest BCUT2D eigenvalue weighted by molar-refractivity contribution is 0.234. The van der Waals surface area contributed by atoms with Crippen molar-refractivity contribution in [2.24, 2.45) is 0 Å². The Hall–Kier alpha value is -1.96. The summed E-state index contributed by atoms with van der Waals surface area (Å²) in [6, 6.07) is 16.9. The molecule has 0 saturated heterocycles. The monoisotopic (exact) mass is 325 g/mol. The number of para-hydroxylation sites is 1. The molecular weight excluding hydrogens is 294 g/mol. The zero-order valence-corrected chi connectivity index (χ0v) is 15.9. The molecule has 2 rings (SSSR count). The summed E-state index contributed by atoms with van der Waals surface area (Å²) in [4.78, 5) is 0. The highest BCUT2D eigenvalue weighted by molar-refractivity contribution is 5.52. The standard InChI is InChI=1S/C22H31NO/c1-16(2)20-9-7-8-10-21(20)23-15-17(3)24-19-13-11-18(12-14-19)22(4,5)6/h7-14,16-17,23H,15H2,1-6H3/t17-/m0/s1. The molecule has 0 unspecified atom stereocenters. The molecule has 0 saturated carbocycles. The van der Waals surface area contributed by atoms with E-state index in [1.165, 1.54) is 16.8 Å². The van der Waals surface area contributed by atoms with Crippen LogP contribution in [-0.2, 0) is 5.41 Å². The van der Waals surface area contributed by atoms with Gasteiger partial charge in [0.2, 0.25) is 0 Å². The van der Waals surface area contributed by atoms with Gasteiger partial charge in [0, 0.05) is 5.69 Å². The average molecular weight is 325 g/mol. The lowest BCUT2D eigenvalue weighted by Crippen LogP contribution is -2.23. The van der Waals surface area contributed by atoms with E-state index in [9.17, 15) is 0 Å². The molecule has 0 aliphatic carbocycles. The first kappa shape index (κ1) is 18.4. The predicted octanol–water partition coefficient (Wildman–Crippen LogP) is 5.99. The van der Waals surface area contributed by atoms with Crippen molar-refractivity contribution < 1.29 is 4.74 Å². The molecule has 0 fully saturated rings. The van der Waals surface area contributed by atoms with Gasteiger partial charge in [-0.25, -0.2) is 0 Å². The quantitative estimate of drug-likeness (QED) is 0.704. The van der Waals surface area contributed by atoms with Gasteiger partial charge in [-0.15, -0.1) is 0 Å². The molecule has 1 atom stereocenters. The van der Waals surface area contributed by atoms with Crippen LogP contribution in [0.1, 0.15) is 58.6 Å².